The third kappa shape index (κ3) is 27.2. The van der Waals surface area contributed by atoms with Crippen LogP contribution in [0.15, 0.2) is 97.2 Å². The second kappa shape index (κ2) is 41.0. The number of aliphatic hydroxyl groups excluding tert-OH is 4. The predicted octanol–water partition coefficient (Wildman–Crippen LogP) is 4.83. The van der Waals surface area contributed by atoms with Crippen LogP contribution in [0.2, 0.25) is 0 Å². The number of ether oxygens (including phenoxy) is 8. The summed E-state index contributed by atoms with van der Waals surface area (Å²) in [6.45, 7) is 3.02. The first kappa shape index (κ1) is 67.2. The van der Waals surface area contributed by atoms with E-state index in [-0.39, 0.29) is 25.5 Å². The second-order valence-electron chi connectivity index (χ2n) is 18.8. The van der Waals surface area contributed by atoms with Gasteiger partial charge in [-0.15, -0.1) is 0 Å². The third-order valence-corrected chi connectivity index (χ3v) is 12.5. The number of hydrogen-bond donors (Lipinski definition) is 8. The Balaban J connectivity index is 1.47. The van der Waals surface area contributed by atoms with E-state index in [1.807, 2.05) is 6.08 Å². The number of methoxy groups -OCH3 is 2. The molecule has 0 bridgehead atoms. The highest BCUT2D eigenvalue weighted by molar-refractivity contribution is 5.88. The van der Waals surface area contributed by atoms with Crippen LogP contribution in [0.25, 0.3) is 0 Å². The predicted molar refractivity (Wildman–Crippen MR) is 293 cm³/mol. The summed E-state index contributed by atoms with van der Waals surface area (Å²) >= 11 is 0. The second-order valence-corrected chi connectivity index (χ2v) is 18.8. The molecule has 2 saturated heterocycles. The number of benzene rings is 1. The van der Waals surface area contributed by atoms with Crippen molar-refractivity contribution in [3.63, 3.8) is 0 Å². The molecule has 0 saturated carbocycles. The van der Waals surface area contributed by atoms with E-state index in [4.69, 9.17) is 43.0 Å². The monoisotopic (exact) mass is 1100 g/mol. The Bertz CT molecular complexity index is 2010. The van der Waals surface area contributed by atoms with Crippen LogP contribution in [0.4, 0.5) is 0 Å². The number of aliphatic carboxylic acids is 1. The van der Waals surface area contributed by atoms with Gasteiger partial charge in [0.05, 0.1) is 19.8 Å². The summed E-state index contributed by atoms with van der Waals surface area (Å²) < 4.78 is 44.4. The van der Waals surface area contributed by atoms with Crippen LogP contribution in [0.3, 0.4) is 0 Å². The number of carbonyl (C=O) groups excluding carboxylic acids is 3. The fourth-order valence-corrected chi connectivity index (χ4v) is 8.27. The first-order valence-corrected chi connectivity index (χ1v) is 27.4. The normalized spacial score (nSPS) is 24.3. The Morgan fingerprint density at radius 2 is 1.17 bits per heavy atom. The van der Waals surface area contributed by atoms with Crippen molar-refractivity contribution in [2.75, 3.05) is 60.3 Å². The maximum atomic E-state index is 13.6. The van der Waals surface area contributed by atoms with Gasteiger partial charge in [0.2, 0.25) is 17.7 Å². The minimum Gasteiger partial charge on any atom is -0.492 e. The molecule has 0 aliphatic carbocycles. The number of carbonyl (C=O) groups is 4. The van der Waals surface area contributed by atoms with Crippen LogP contribution < -0.4 is 20.7 Å². The lowest BCUT2D eigenvalue weighted by molar-refractivity contribution is -0.333. The molecule has 2 heterocycles. The molecule has 2 aliphatic heterocycles. The maximum absolute atomic E-state index is 13.6. The summed E-state index contributed by atoms with van der Waals surface area (Å²) in [5, 5.41) is 61.6. The van der Waals surface area contributed by atoms with Gasteiger partial charge in [-0.05, 0) is 69.1 Å². The third-order valence-electron chi connectivity index (χ3n) is 12.5. The van der Waals surface area contributed by atoms with E-state index in [0.717, 1.165) is 70.6 Å². The topological polar surface area (TPSA) is 279 Å². The molecule has 20 nitrogen and oxygen atoms in total. The van der Waals surface area contributed by atoms with Crippen molar-refractivity contribution in [1.29, 1.82) is 0 Å². The number of unbranched alkanes of at least 4 members (excludes halogenated alkanes) is 4. The number of carboxylic acids is 1. The van der Waals surface area contributed by atoms with Crippen molar-refractivity contribution in [2.45, 2.75) is 171 Å². The molecule has 2 aliphatic rings. The molecule has 1 aromatic carbocycles. The van der Waals surface area contributed by atoms with Gasteiger partial charge in [0.25, 0.3) is 0 Å². The summed E-state index contributed by atoms with van der Waals surface area (Å²) in [5.41, 5.74) is 0.713. The Labute approximate surface area is 460 Å². The summed E-state index contributed by atoms with van der Waals surface area (Å²) in [7, 11) is 2.59. The van der Waals surface area contributed by atoms with Gasteiger partial charge in [0.15, 0.2) is 12.6 Å². The Hall–Kier alpha value is -5.10. The van der Waals surface area contributed by atoms with E-state index in [1.54, 1.807) is 24.3 Å². The minimum absolute atomic E-state index is 0.0751. The van der Waals surface area contributed by atoms with Crippen LogP contribution in [-0.4, -0.2) is 177 Å². The zero-order chi connectivity index (χ0) is 56.8. The van der Waals surface area contributed by atoms with Crippen molar-refractivity contribution in [1.82, 2.24) is 16.0 Å². The summed E-state index contributed by atoms with van der Waals surface area (Å²) in [4.78, 5) is 50.6. The van der Waals surface area contributed by atoms with Gasteiger partial charge < -0.3 is 79.4 Å². The Morgan fingerprint density at radius 1 is 0.615 bits per heavy atom. The van der Waals surface area contributed by atoms with Crippen LogP contribution >= 0.6 is 0 Å². The smallest absolute Gasteiger partial charge is 0.329 e. The first-order valence-electron chi connectivity index (χ1n) is 27.4. The van der Waals surface area contributed by atoms with E-state index in [1.165, 1.54) is 14.2 Å². The highest BCUT2D eigenvalue weighted by Crippen LogP contribution is 2.28. The number of carboxylic acid groups (broad SMARTS) is 1. The molecule has 2 fully saturated rings. The average Bonchev–Trinajstić information content (AvgIpc) is 3.43. The molecule has 1 aromatic rings. The van der Waals surface area contributed by atoms with Gasteiger partial charge in [-0.2, -0.15) is 0 Å². The first-order chi connectivity index (χ1) is 37.8. The van der Waals surface area contributed by atoms with Gasteiger partial charge in [-0.3, -0.25) is 14.4 Å². The van der Waals surface area contributed by atoms with Crippen LogP contribution in [0.5, 0.6) is 5.75 Å². The molecular formula is C58H89N3O17. The molecule has 8 N–H and O–H groups in total. The van der Waals surface area contributed by atoms with Crippen LogP contribution in [0, 0.1) is 0 Å². The largest absolute Gasteiger partial charge is 0.492 e. The molecule has 438 valence electrons. The van der Waals surface area contributed by atoms with E-state index in [9.17, 15) is 39.6 Å². The standard InChI is InChI=1S/C58H89N3O17/c1-5-7-9-11-12-13-14-15-16-17-18-19-20-21-22-23-24-25-27-29-47(62)59-35-36-73-43-32-30-42(31-33-43)37-44(56(70)60-34-28-26-10-8-6-2)61-48(63)40-74-54-51(67)46(77-57(72-4)52(54)68)39-76-58-53(69)55(75-41-49(64)65)50(66)45(78-58)38-71-3/h7,9,12-13,15-16,18-19,21-22,24-25,30-33,44-46,50-55,57-58,66-69H,5-6,8,10-11,14,17,20,23,26-29,34-41H2,1-4H3,(H,59,62)(H,60,70)(H,61,63)(H,64,65)/b9-7-,13-12-,16-15-,19-18-,22-21-,25-24-/t44-,45?,46?,50+,51+,52?,53?,54-,55-,57-,58+/m0/s1. The minimum atomic E-state index is -1.69. The summed E-state index contributed by atoms with van der Waals surface area (Å²) in [5.74, 6) is -2.00. The number of hydrogen-bond acceptors (Lipinski definition) is 16. The molecule has 3 amide bonds. The lowest BCUT2D eigenvalue weighted by Crippen LogP contribution is -2.63. The van der Waals surface area contributed by atoms with Gasteiger partial charge >= 0.3 is 5.97 Å². The average molecular weight is 1100 g/mol. The Morgan fingerprint density at radius 3 is 1.74 bits per heavy atom. The van der Waals surface area contributed by atoms with Crippen LogP contribution in [0.1, 0.15) is 103 Å². The Kier molecular flexibility index (Phi) is 35.3. The van der Waals surface area contributed by atoms with Crippen molar-refractivity contribution in [3.8, 4) is 5.75 Å². The summed E-state index contributed by atoms with van der Waals surface area (Å²) in [6.07, 6.45) is 22.8. The van der Waals surface area contributed by atoms with Crippen molar-refractivity contribution < 1.29 is 82.6 Å². The maximum Gasteiger partial charge on any atom is 0.329 e. The highest BCUT2D eigenvalue weighted by Gasteiger charge is 2.49. The van der Waals surface area contributed by atoms with E-state index in [2.05, 4.69) is 96.6 Å². The number of rotatable bonds is 40. The molecule has 78 heavy (non-hydrogen) atoms. The molecule has 0 spiro atoms. The number of aliphatic hydroxyl groups is 4. The van der Waals surface area contributed by atoms with Crippen molar-refractivity contribution in [3.05, 3.63) is 103 Å². The van der Waals surface area contributed by atoms with Gasteiger partial charge in [0, 0.05) is 33.6 Å². The van der Waals surface area contributed by atoms with Crippen LogP contribution in [-0.2, 0) is 58.8 Å². The molecule has 0 aromatic heterocycles. The highest BCUT2D eigenvalue weighted by atomic mass is 16.7. The number of amides is 3. The van der Waals surface area contributed by atoms with Crippen molar-refractivity contribution >= 4 is 23.7 Å². The molecule has 4 unspecified atom stereocenters. The quantitative estimate of drug-likeness (QED) is 0.0323. The SMILES string of the molecule is CC/C=C\C/C=C\C/C=C\C/C=C\C/C=C\C/C=C\CCC(=O)NCCOc1ccc(C[C@H](NC(=O)CO[C@@H]2C(O)[C@@H](OC)OC(CO[C@@H]3OC(COC)[C@@H](O)[C@H](OCC(=O)O)C3O)[C@H]2O)C(=O)NCCCCCCC)cc1. The fourth-order valence-electron chi connectivity index (χ4n) is 8.27. The molecular weight excluding hydrogens is 1010 g/mol. The van der Waals surface area contributed by atoms with E-state index >= 15 is 0 Å². The zero-order valence-corrected chi connectivity index (χ0v) is 46.1. The molecule has 11 atom stereocenters. The van der Waals surface area contributed by atoms with E-state index < -0.39 is 105 Å². The van der Waals surface area contributed by atoms with Gasteiger partial charge in [-0.25, -0.2) is 4.79 Å². The number of allylic oxidation sites excluding steroid dienone is 12. The van der Waals surface area contributed by atoms with Gasteiger partial charge in [0.1, 0.15) is 80.4 Å². The molecule has 3 rings (SSSR count). The summed E-state index contributed by atoms with van der Waals surface area (Å²) in [6, 6.07) is 5.99. The van der Waals surface area contributed by atoms with Crippen molar-refractivity contribution in [2.24, 2.45) is 0 Å². The van der Waals surface area contributed by atoms with E-state index in [0.29, 0.717) is 37.2 Å². The van der Waals surface area contributed by atoms with Gasteiger partial charge in [-0.1, -0.05) is 125 Å². The lowest BCUT2D eigenvalue weighted by atomic mass is 9.98. The molecule has 20 heteroatoms. The fraction of sp³-hybridized carbons (Fsp3) is 0.621. The lowest BCUT2D eigenvalue weighted by Gasteiger charge is -2.44. The zero-order valence-electron chi connectivity index (χ0n) is 46.1. The number of nitrogens with one attached hydrogen (secondary N) is 3. The molecule has 0 radical (unpaired) electrons.